The van der Waals surface area contributed by atoms with E-state index in [1.165, 1.54) is 0 Å². The minimum absolute atomic E-state index is 0.00423. The summed E-state index contributed by atoms with van der Waals surface area (Å²) in [7, 11) is -3.36. The van der Waals surface area contributed by atoms with E-state index in [4.69, 9.17) is 4.74 Å². The van der Waals surface area contributed by atoms with Crippen LogP contribution in [0.1, 0.15) is 38.8 Å². The van der Waals surface area contributed by atoms with Gasteiger partial charge in [0.25, 0.3) is 0 Å². The molecule has 1 amide bonds. The van der Waals surface area contributed by atoms with E-state index in [0.717, 1.165) is 12.1 Å². The van der Waals surface area contributed by atoms with Crippen LogP contribution in [-0.4, -0.2) is 65.7 Å². The smallest absolute Gasteiger partial charge is 0.223 e. The highest BCUT2D eigenvalue weighted by atomic mass is 32.2. The fourth-order valence-electron chi connectivity index (χ4n) is 3.79. The summed E-state index contributed by atoms with van der Waals surface area (Å²) in [6.07, 6.45) is 5.91. The number of hydrogen-bond donors (Lipinski definition) is 2. The number of morpholine rings is 1. The van der Waals surface area contributed by atoms with Crippen molar-refractivity contribution in [3.8, 4) is 0 Å². The molecule has 2 fully saturated rings. The summed E-state index contributed by atoms with van der Waals surface area (Å²) in [5.41, 5.74) is 0.976. The molecule has 1 aliphatic heterocycles. The van der Waals surface area contributed by atoms with Gasteiger partial charge in [0.05, 0.1) is 30.3 Å². The molecule has 0 unspecified atom stereocenters. The summed E-state index contributed by atoms with van der Waals surface area (Å²) in [5.74, 6) is -0.181. The molecule has 0 spiro atoms. The number of carbonyl (C=O) groups is 1. The number of aromatic nitrogens is 2. The van der Waals surface area contributed by atoms with Crippen LogP contribution in [0.25, 0.3) is 0 Å². The molecule has 3 atom stereocenters. The number of H-pyrrole nitrogens is 1. The first-order chi connectivity index (χ1) is 12.4. The highest BCUT2D eigenvalue weighted by Crippen LogP contribution is 2.34. The Bertz CT molecular complexity index is 704. The zero-order valence-corrected chi connectivity index (χ0v) is 16.2. The van der Waals surface area contributed by atoms with Crippen molar-refractivity contribution in [2.45, 2.75) is 56.9 Å². The van der Waals surface area contributed by atoms with Crippen molar-refractivity contribution in [1.82, 2.24) is 19.6 Å². The maximum absolute atomic E-state index is 12.7. The molecule has 1 saturated heterocycles. The third-order valence-electron chi connectivity index (χ3n) is 5.31. The summed E-state index contributed by atoms with van der Waals surface area (Å²) in [5, 5.41) is 2.50. The number of ether oxygens (including phenoxy) is 1. The number of nitrogens with zero attached hydrogens (tertiary/aromatic N) is 2. The Kier molecular flexibility index (Phi) is 5.99. The number of nitrogens with one attached hydrogen (secondary N) is 2. The third-order valence-corrected chi connectivity index (χ3v) is 7.61. The summed E-state index contributed by atoms with van der Waals surface area (Å²) in [6, 6.07) is -0.242. The van der Waals surface area contributed by atoms with E-state index in [1.54, 1.807) is 30.7 Å². The van der Waals surface area contributed by atoms with Crippen molar-refractivity contribution in [3.05, 3.63) is 18.2 Å². The molecular formula is C17H28N4O4S. The lowest BCUT2D eigenvalue weighted by molar-refractivity contribution is -0.130. The zero-order valence-electron chi connectivity index (χ0n) is 15.3. The first-order valence-electron chi connectivity index (χ1n) is 9.27. The van der Waals surface area contributed by atoms with E-state index >= 15 is 0 Å². The van der Waals surface area contributed by atoms with Gasteiger partial charge in [0.1, 0.15) is 0 Å². The van der Waals surface area contributed by atoms with Crippen LogP contribution in [0.3, 0.4) is 0 Å². The van der Waals surface area contributed by atoms with Crippen molar-refractivity contribution in [3.63, 3.8) is 0 Å². The Hall–Kier alpha value is -1.45. The highest BCUT2D eigenvalue weighted by Gasteiger charge is 2.44. The molecule has 26 heavy (non-hydrogen) atoms. The quantitative estimate of drug-likeness (QED) is 0.750. The first-order valence-corrected chi connectivity index (χ1v) is 10.8. The number of amides is 1. The van der Waals surface area contributed by atoms with Crippen molar-refractivity contribution in [1.29, 1.82) is 0 Å². The average molecular weight is 385 g/mol. The molecule has 3 rings (SSSR count). The Morgan fingerprint density at radius 2 is 2.27 bits per heavy atom. The van der Waals surface area contributed by atoms with Gasteiger partial charge < -0.3 is 15.0 Å². The molecule has 146 valence electrons. The molecule has 1 aromatic heterocycles. The minimum atomic E-state index is -3.36. The normalized spacial score (nSPS) is 27.3. The van der Waals surface area contributed by atoms with Crippen LogP contribution in [0.4, 0.5) is 0 Å². The number of fused-ring (bicyclic) bond motifs is 1. The molecule has 0 aromatic carbocycles. The van der Waals surface area contributed by atoms with Crippen LogP contribution < -0.4 is 5.32 Å². The molecule has 1 aliphatic carbocycles. The molecular weight excluding hydrogens is 356 g/mol. The lowest BCUT2D eigenvalue weighted by Gasteiger charge is -2.45. The third kappa shape index (κ3) is 4.10. The molecule has 2 aliphatic rings. The van der Waals surface area contributed by atoms with Gasteiger partial charge in [-0.1, -0.05) is 0 Å². The van der Waals surface area contributed by atoms with Gasteiger partial charge in [0, 0.05) is 37.3 Å². The average Bonchev–Trinajstić information content (AvgIpc) is 3.13. The highest BCUT2D eigenvalue weighted by molar-refractivity contribution is 7.89. The second kappa shape index (κ2) is 8.06. The van der Waals surface area contributed by atoms with Gasteiger partial charge in [-0.15, -0.1) is 0 Å². The fraction of sp³-hybridized carbons (Fsp3) is 0.765. The van der Waals surface area contributed by atoms with Crippen molar-refractivity contribution < 1.29 is 17.9 Å². The molecule has 2 heterocycles. The van der Waals surface area contributed by atoms with Gasteiger partial charge in [0.2, 0.25) is 15.9 Å². The van der Waals surface area contributed by atoms with Crippen molar-refractivity contribution in [2.24, 2.45) is 5.92 Å². The number of rotatable bonds is 6. The first kappa shape index (κ1) is 19.3. The van der Waals surface area contributed by atoms with E-state index in [2.05, 4.69) is 15.3 Å². The van der Waals surface area contributed by atoms with Crippen LogP contribution >= 0.6 is 0 Å². The Labute approximate surface area is 154 Å². The van der Waals surface area contributed by atoms with E-state index < -0.39 is 15.3 Å². The summed E-state index contributed by atoms with van der Waals surface area (Å²) >= 11 is 0. The predicted octanol–water partition coefficient (Wildman–Crippen LogP) is 0.676. The van der Waals surface area contributed by atoms with Crippen LogP contribution in [0, 0.1) is 5.92 Å². The Morgan fingerprint density at radius 3 is 2.96 bits per heavy atom. The van der Waals surface area contributed by atoms with Gasteiger partial charge >= 0.3 is 0 Å². The number of carbonyl (C=O) groups excluding carboxylic acids is 1. The Morgan fingerprint density at radius 1 is 1.46 bits per heavy atom. The molecule has 9 heteroatoms. The molecule has 1 saturated carbocycles. The van der Waals surface area contributed by atoms with Crippen LogP contribution in [-0.2, 0) is 26.0 Å². The Balaban J connectivity index is 1.60. The van der Waals surface area contributed by atoms with Crippen molar-refractivity contribution in [2.75, 3.05) is 19.7 Å². The second-order valence-corrected chi connectivity index (χ2v) is 9.75. The maximum atomic E-state index is 12.7. The monoisotopic (exact) mass is 384 g/mol. The summed E-state index contributed by atoms with van der Waals surface area (Å²) < 4.78 is 32.7. The zero-order chi connectivity index (χ0) is 18.7. The van der Waals surface area contributed by atoms with Gasteiger partial charge in [-0.3, -0.25) is 4.79 Å². The van der Waals surface area contributed by atoms with Crippen molar-refractivity contribution >= 4 is 15.9 Å². The van der Waals surface area contributed by atoms with E-state index in [1.807, 2.05) is 0 Å². The lowest BCUT2D eigenvalue weighted by Crippen LogP contribution is -2.58. The van der Waals surface area contributed by atoms with Gasteiger partial charge in [-0.2, -0.15) is 4.31 Å². The van der Waals surface area contributed by atoms with Gasteiger partial charge in [-0.05, 0) is 33.1 Å². The standard InChI is InChI=1S/C17H28N4O4S/c1-12(2)26(23,24)21-7-8-25-16-4-3-13(9-15(16)21)17(22)19-6-5-14-10-18-11-20-14/h10-13,15-16H,3-9H2,1-2H3,(H,18,20)(H,19,22)/t13-,15+,16+/m0/s1. The van der Waals surface area contributed by atoms with Gasteiger partial charge in [0.15, 0.2) is 0 Å². The van der Waals surface area contributed by atoms with Crippen LogP contribution in [0.5, 0.6) is 0 Å². The largest absolute Gasteiger partial charge is 0.375 e. The van der Waals surface area contributed by atoms with E-state index in [0.29, 0.717) is 39.0 Å². The van der Waals surface area contributed by atoms with Gasteiger partial charge in [-0.25, -0.2) is 13.4 Å². The maximum Gasteiger partial charge on any atom is 0.223 e. The van der Waals surface area contributed by atoms with E-state index in [9.17, 15) is 13.2 Å². The second-order valence-electron chi connectivity index (χ2n) is 7.31. The molecule has 2 N–H and O–H groups in total. The summed E-state index contributed by atoms with van der Waals surface area (Å²) in [6.45, 7) is 4.73. The summed E-state index contributed by atoms with van der Waals surface area (Å²) in [4.78, 5) is 19.5. The number of hydrogen-bond acceptors (Lipinski definition) is 5. The number of sulfonamides is 1. The molecule has 8 nitrogen and oxygen atoms in total. The van der Waals surface area contributed by atoms with E-state index in [-0.39, 0.29) is 24.0 Å². The molecule has 1 aromatic rings. The molecule has 0 radical (unpaired) electrons. The minimum Gasteiger partial charge on any atom is -0.375 e. The molecule has 0 bridgehead atoms. The number of aromatic amines is 1. The van der Waals surface area contributed by atoms with Crippen LogP contribution in [0.2, 0.25) is 0 Å². The lowest BCUT2D eigenvalue weighted by atomic mass is 9.82. The van der Waals surface area contributed by atoms with Crippen LogP contribution in [0.15, 0.2) is 12.5 Å². The predicted molar refractivity (Wildman–Crippen MR) is 96.9 cm³/mol. The fourth-order valence-corrected chi connectivity index (χ4v) is 5.26. The topological polar surface area (TPSA) is 104 Å². The SMILES string of the molecule is CC(C)S(=O)(=O)N1CCO[C@@H]2CC[C@H](C(=O)NCCc3cnc[nH]3)C[C@H]21. The number of imidazole rings is 1.